The van der Waals surface area contributed by atoms with E-state index in [1.807, 2.05) is 19.1 Å². The minimum absolute atomic E-state index is 0.0247. The van der Waals surface area contributed by atoms with Crippen molar-refractivity contribution in [2.75, 3.05) is 20.2 Å². The Labute approximate surface area is 177 Å². The molecule has 2 aromatic rings. The maximum absolute atomic E-state index is 12.0. The largest absolute Gasteiger partial charge is 0.465 e. The van der Waals surface area contributed by atoms with Gasteiger partial charge in [-0.15, -0.1) is 10.2 Å². The fourth-order valence-corrected chi connectivity index (χ4v) is 3.70. The van der Waals surface area contributed by atoms with Crippen LogP contribution in [0.4, 0.5) is 0 Å². The molecule has 1 aliphatic heterocycles. The average molecular weight is 414 g/mol. The van der Waals surface area contributed by atoms with E-state index in [2.05, 4.69) is 38.8 Å². The molecule has 2 heterocycles. The lowest BCUT2D eigenvalue weighted by Crippen LogP contribution is -2.34. The first kappa shape index (κ1) is 22.0. The maximum Gasteiger partial charge on any atom is 0.337 e. The first-order valence-corrected chi connectivity index (χ1v) is 10.5. The molecule has 0 radical (unpaired) electrons. The van der Waals surface area contributed by atoms with Crippen molar-refractivity contribution in [3.63, 3.8) is 0 Å². The Morgan fingerprint density at radius 1 is 1.13 bits per heavy atom. The lowest BCUT2D eigenvalue weighted by atomic mass is 10.0. The quantitative estimate of drug-likeness (QED) is 0.701. The molecule has 30 heavy (non-hydrogen) atoms. The minimum Gasteiger partial charge on any atom is -0.465 e. The summed E-state index contributed by atoms with van der Waals surface area (Å²) in [4.78, 5) is 26.0. The van der Waals surface area contributed by atoms with Gasteiger partial charge in [-0.2, -0.15) is 0 Å². The van der Waals surface area contributed by atoms with Crippen molar-refractivity contribution in [3.05, 3.63) is 47.0 Å². The molecule has 1 aromatic carbocycles. The normalized spacial score (nSPS) is 15.4. The summed E-state index contributed by atoms with van der Waals surface area (Å²) in [5, 5.41) is 11.9. The molecular weight excluding hydrogens is 382 g/mol. The zero-order valence-electron chi connectivity index (χ0n) is 18.2. The lowest BCUT2D eigenvalue weighted by Gasteiger charge is -2.23. The van der Waals surface area contributed by atoms with Crippen LogP contribution in [0.15, 0.2) is 24.3 Å². The fraction of sp³-hybridized carbons (Fsp3) is 0.545. The van der Waals surface area contributed by atoms with Gasteiger partial charge in [0.25, 0.3) is 0 Å². The lowest BCUT2D eigenvalue weighted by molar-refractivity contribution is -0.121. The number of fused-ring (bicyclic) bond motifs is 1. The number of rotatable bonds is 7. The molecule has 1 aliphatic rings. The SMILES string of the molecule is CCC(=O)NC(c1nnc2n1CCN(Cc1ccc(C(=O)OC)cc1)CC2)C(C)C. The van der Waals surface area contributed by atoms with Crippen molar-refractivity contribution in [1.29, 1.82) is 0 Å². The highest BCUT2D eigenvalue weighted by Crippen LogP contribution is 2.23. The molecule has 162 valence electrons. The Morgan fingerprint density at radius 3 is 2.50 bits per heavy atom. The molecular formula is C22H31N5O3. The highest BCUT2D eigenvalue weighted by atomic mass is 16.5. The predicted molar refractivity (Wildman–Crippen MR) is 113 cm³/mol. The molecule has 0 fully saturated rings. The van der Waals surface area contributed by atoms with Crippen LogP contribution >= 0.6 is 0 Å². The fourth-order valence-electron chi connectivity index (χ4n) is 3.70. The number of hydrogen-bond acceptors (Lipinski definition) is 6. The van der Waals surface area contributed by atoms with Crippen molar-refractivity contribution in [2.24, 2.45) is 5.92 Å². The van der Waals surface area contributed by atoms with Gasteiger partial charge in [-0.3, -0.25) is 9.69 Å². The first-order valence-electron chi connectivity index (χ1n) is 10.5. The van der Waals surface area contributed by atoms with Gasteiger partial charge in [0.05, 0.1) is 18.7 Å². The van der Waals surface area contributed by atoms with Crippen molar-refractivity contribution in [1.82, 2.24) is 25.0 Å². The number of aromatic nitrogens is 3. The van der Waals surface area contributed by atoms with E-state index in [1.54, 1.807) is 12.1 Å². The van der Waals surface area contributed by atoms with Gasteiger partial charge >= 0.3 is 5.97 Å². The second-order valence-electron chi connectivity index (χ2n) is 7.98. The van der Waals surface area contributed by atoms with E-state index in [4.69, 9.17) is 4.74 Å². The van der Waals surface area contributed by atoms with Gasteiger partial charge in [0.2, 0.25) is 5.91 Å². The molecule has 0 saturated heterocycles. The molecule has 1 amide bonds. The number of nitrogens with zero attached hydrogens (tertiary/aromatic N) is 4. The minimum atomic E-state index is -0.323. The van der Waals surface area contributed by atoms with Crippen molar-refractivity contribution < 1.29 is 14.3 Å². The van der Waals surface area contributed by atoms with E-state index in [0.29, 0.717) is 12.0 Å². The Hall–Kier alpha value is -2.74. The van der Waals surface area contributed by atoms with Gasteiger partial charge in [-0.25, -0.2) is 4.79 Å². The molecule has 0 spiro atoms. The Morgan fingerprint density at radius 2 is 1.87 bits per heavy atom. The smallest absolute Gasteiger partial charge is 0.337 e. The molecule has 0 saturated carbocycles. The molecule has 1 unspecified atom stereocenters. The average Bonchev–Trinajstić information content (AvgIpc) is 3.04. The highest BCUT2D eigenvalue weighted by molar-refractivity contribution is 5.89. The summed E-state index contributed by atoms with van der Waals surface area (Å²) in [5.74, 6) is 1.73. The third kappa shape index (κ3) is 5.05. The van der Waals surface area contributed by atoms with Crippen LogP contribution in [0.1, 0.15) is 60.8 Å². The van der Waals surface area contributed by atoms with E-state index >= 15 is 0 Å². The van der Waals surface area contributed by atoms with Crippen molar-refractivity contribution >= 4 is 11.9 Å². The molecule has 8 nitrogen and oxygen atoms in total. The maximum atomic E-state index is 12.0. The number of hydrogen-bond donors (Lipinski definition) is 1. The van der Waals surface area contributed by atoms with E-state index in [1.165, 1.54) is 7.11 Å². The van der Waals surface area contributed by atoms with Gasteiger partial charge in [0.15, 0.2) is 5.82 Å². The van der Waals surface area contributed by atoms with Crippen LogP contribution in [0.3, 0.4) is 0 Å². The molecule has 1 N–H and O–H groups in total. The molecule has 3 rings (SSSR count). The van der Waals surface area contributed by atoms with Gasteiger partial charge in [-0.05, 0) is 23.6 Å². The summed E-state index contributed by atoms with van der Waals surface area (Å²) in [5.41, 5.74) is 1.71. The summed E-state index contributed by atoms with van der Waals surface area (Å²) < 4.78 is 6.92. The molecule has 1 aromatic heterocycles. The van der Waals surface area contributed by atoms with Gasteiger partial charge in [-0.1, -0.05) is 32.9 Å². The molecule has 0 bridgehead atoms. The van der Waals surface area contributed by atoms with E-state index in [0.717, 1.165) is 49.8 Å². The number of ether oxygens (including phenoxy) is 1. The second kappa shape index (κ2) is 9.84. The number of carbonyl (C=O) groups is 2. The number of amides is 1. The zero-order chi connectivity index (χ0) is 21.7. The topological polar surface area (TPSA) is 89.4 Å². The van der Waals surface area contributed by atoms with Crippen molar-refractivity contribution in [3.8, 4) is 0 Å². The first-order chi connectivity index (χ1) is 14.4. The zero-order valence-corrected chi connectivity index (χ0v) is 18.2. The Balaban J connectivity index is 1.68. The molecule has 8 heteroatoms. The summed E-state index contributed by atoms with van der Waals surface area (Å²) in [6.07, 6.45) is 1.26. The van der Waals surface area contributed by atoms with Crippen LogP contribution in [0.2, 0.25) is 0 Å². The van der Waals surface area contributed by atoms with Crippen LogP contribution < -0.4 is 5.32 Å². The monoisotopic (exact) mass is 413 g/mol. The number of esters is 1. The Kier molecular flexibility index (Phi) is 7.20. The van der Waals surface area contributed by atoms with Gasteiger partial charge in [0, 0.05) is 39.0 Å². The highest BCUT2D eigenvalue weighted by Gasteiger charge is 2.27. The summed E-state index contributed by atoms with van der Waals surface area (Å²) in [6.45, 7) is 9.35. The number of nitrogens with one attached hydrogen (secondary N) is 1. The number of carbonyl (C=O) groups excluding carboxylic acids is 2. The summed E-state index contributed by atoms with van der Waals surface area (Å²) in [7, 11) is 1.39. The van der Waals surface area contributed by atoms with Crippen LogP contribution in [0, 0.1) is 5.92 Å². The van der Waals surface area contributed by atoms with Crippen LogP contribution in [0.25, 0.3) is 0 Å². The predicted octanol–water partition coefficient (Wildman–Crippen LogP) is 2.35. The van der Waals surface area contributed by atoms with E-state index in [9.17, 15) is 9.59 Å². The van der Waals surface area contributed by atoms with Crippen LogP contribution in [-0.2, 0) is 29.0 Å². The third-order valence-corrected chi connectivity index (χ3v) is 5.51. The van der Waals surface area contributed by atoms with Crippen LogP contribution in [0.5, 0.6) is 0 Å². The van der Waals surface area contributed by atoms with E-state index in [-0.39, 0.29) is 23.8 Å². The van der Waals surface area contributed by atoms with E-state index < -0.39 is 0 Å². The van der Waals surface area contributed by atoms with Crippen LogP contribution in [-0.4, -0.2) is 51.7 Å². The van der Waals surface area contributed by atoms with Gasteiger partial charge in [0.1, 0.15) is 5.82 Å². The Bertz CT molecular complexity index is 875. The van der Waals surface area contributed by atoms with Gasteiger partial charge < -0.3 is 14.6 Å². The summed E-state index contributed by atoms with van der Waals surface area (Å²) >= 11 is 0. The number of methoxy groups -OCH3 is 1. The molecule has 1 atom stereocenters. The standard InChI is InChI=1S/C22H31N5O3/c1-5-19(28)23-20(15(2)3)21-25-24-18-10-11-26(12-13-27(18)21)14-16-6-8-17(9-7-16)22(29)30-4/h6-9,15,20H,5,10-14H2,1-4H3,(H,23,28). The number of benzene rings is 1. The molecule has 0 aliphatic carbocycles. The summed E-state index contributed by atoms with van der Waals surface area (Å²) in [6, 6.07) is 7.40. The second-order valence-corrected chi connectivity index (χ2v) is 7.98. The van der Waals surface area contributed by atoms with Crippen molar-refractivity contribution in [2.45, 2.75) is 52.7 Å². The third-order valence-electron chi connectivity index (χ3n) is 5.51.